The largest absolute Gasteiger partial charge is 0.480 e. The van der Waals surface area contributed by atoms with Crippen LogP contribution in [-0.4, -0.2) is 77.6 Å². The summed E-state index contributed by atoms with van der Waals surface area (Å²) in [6.07, 6.45) is 2.06. The number of ether oxygens (including phenoxy) is 1. The fourth-order valence-electron chi connectivity index (χ4n) is 6.81. The van der Waals surface area contributed by atoms with Gasteiger partial charge in [-0.3, -0.25) is 24.2 Å². The number of rotatable bonds is 6. The van der Waals surface area contributed by atoms with Crippen LogP contribution in [0, 0.1) is 5.82 Å². The molecule has 2 atom stereocenters. The standard InChI is InChI=1S/C34H34FN3O6/c1-36(34(43)44-20-27-25-11-6-4-9-23(25)24-10-5-7-12-26(24)27)28-13-3-2-8-16-37(32(28)41)30-17-21-14-15-22(35)18-29(21)38(33(30)42)19-31(39)40/h4-7,9-12,14-15,18,27-28,30H,2-3,8,13,16-17,19-20H2,1H3,(H,39,40)/t28-,30-/m0/s1. The van der Waals surface area contributed by atoms with Crippen molar-refractivity contribution < 1.29 is 33.4 Å². The molecule has 2 heterocycles. The Morgan fingerprint density at radius 2 is 1.64 bits per heavy atom. The Kier molecular flexibility index (Phi) is 8.07. The van der Waals surface area contributed by atoms with Gasteiger partial charge < -0.3 is 14.7 Å². The molecule has 44 heavy (non-hydrogen) atoms. The molecule has 2 aliphatic heterocycles. The summed E-state index contributed by atoms with van der Waals surface area (Å²) in [5, 5.41) is 9.50. The van der Waals surface area contributed by atoms with E-state index in [2.05, 4.69) is 12.1 Å². The van der Waals surface area contributed by atoms with Crippen LogP contribution < -0.4 is 4.90 Å². The summed E-state index contributed by atoms with van der Waals surface area (Å²) in [7, 11) is 1.54. The maximum Gasteiger partial charge on any atom is 0.410 e. The van der Waals surface area contributed by atoms with Gasteiger partial charge in [0.05, 0.1) is 5.69 Å². The molecule has 0 radical (unpaired) electrons. The lowest BCUT2D eigenvalue weighted by Crippen LogP contribution is -2.60. The highest BCUT2D eigenvalue weighted by Gasteiger charge is 2.43. The van der Waals surface area contributed by atoms with E-state index in [0.717, 1.165) is 46.1 Å². The van der Waals surface area contributed by atoms with Gasteiger partial charge in [0.2, 0.25) is 5.91 Å². The number of carboxylic acids is 1. The number of aliphatic carboxylic acids is 1. The molecule has 3 amide bonds. The highest BCUT2D eigenvalue weighted by molar-refractivity contribution is 6.05. The van der Waals surface area contributed by atoms with Crippen molar-refractivity contribution in [2.75, 3.05) is 31.6 Å². The predicted molar refractivity (Wildman–Crippen MR) is 161 cm³/mol. The topological polar surface area (TPSA) is 107 Å². The molecular weight excluding hydrogens is 565 g/mol. The van der Waals surface area contributed by atoms with Crippen LogP contribution in [0.3, 0.4) is 0 Å². The Labute approximate surface area is 254 Å². The summed E-state index contributed by atoms with van der Waals surface area (Å²) in [5.41, 5.74) is 5.16. The maximum atomic E-state index is 14.1. The molecular formula is C34H34FN3O6. The van der Waals surface area contributed by atoms with Gasteiger partial charge >= 0.3 is 12.1 Å². The van der Waals surface area contributed by atoms with Crippen LogP contribution in [0.25, 0.3) is 11.1 Å². The highest BCUT2D eigenvalue weighted by Crippen LogP contribution is 2.44. The maximum absolute atomic E-state index is 14.1. The fourth-order valence-corrected chi connectivity index (χ4v) is 6.81. The molecule has 3 aromatic carbocycles. The number of carbonyl (C=O) groups is 4. The number of likely N-dealkylation sites (tertiary alicyclic amines) is 1. The molecule has 9 nitrogen and oxygen atoms in total. The van der Waals surface area contributed by atoms with Gasteiger partial charge in [-0.15, -0.1) is 0 Å². The van der Waals surface area contributed by atoms with Crippen molar-refractivity contribution in [3.05, 3.63) is 89.2 Å². The third kappa shape index (κ3) is 5.40. The van der Waals surface area contributed by atoms with Crippen LogP contribution in [0.15, 0.2) is 66.7 Å². The van der Waals surface area contributed by atoms with Crippen molar-refractivity contribution in [2.24, 2.45) is 0 Å². The zero-order valence-electron chi connectivity index (χ0n) is 24.4. The summed E-state index contributed by atoms with van der Waals surface area (Å²) >= 11 is 0. The number of likely N-dealkylation sites (N-methyl/N-ethyl adjacent to an activating group) is 1. The first-order chi connectivity index (χ1) is 21.2. The lowest BCUT2D eigenvalue weighted by Gasteiger charge is -2.42. The molecule has 1 aliphatic carbocycles. The first-order valence-corrected chi connectivity index (χ1v) is 14.9. The molecule has 1 N–H and O–H groups in total. The van der Waals surface area contributed by atoms with E-state index in [1.165, 1.54) is 21.9 Å². The number of amides is 3. The summed E-state index contributed by atoms with van der Waals surface area (Å²) in [5.74, 6) is -2.94. The quantitative estimate of drug-likeness (QED) is 0.436. The minimum Gasteiger partial charge on any atom is -0.480 e. The van der Waals surface area contributed by atoms with Gasteiger partial charge in [-0.1, -0.05) is 67.4 Å². The van der Waals surface area contributed by atoms with Crippen LogP contribution in [0.4, 0.5) is 14.9 Å². The summed E-state index contributed by atoms with van der Waals surface area (Å²) in [6, 6.07) is 18.2. The van der Waals surface area contributed by atoms with Gasteiger partial charge in [-0.05, 0) is 52.8 Å². The molecule has 0 saturated carbocycles. The van der Waals surface area contributed by atoms with Gasteiger partial charge in [0.25, 0.3) is 5.91 Å². The van der Waals surface area contributed by atoms with Gasteiger partial charge in [-0.25, -0.2) is 9.18 Å². The van der Waals surface area contributed by atoms with Crippen molar-refractivity contribution in [1.82, 2.24) is 9.80 Å². The molecule has 1 fully saturated rings. The van der Waals surface area contributed by atoms with E-state index in [1.54, 1.807) is 7.05 Å². The number of carbonyl (C=O) groups excluding carboxylic acids is 3. The second kappa shape index (κ2) is 12.1. The Morgan fingerprint density at radius 1 is 0.955 bits per heavy atom. The smallest absolute Gasteiger partial charge is 0.410 e. The minimum absolute atomic E-state index is 0.112. The predicted octanol–water partition coefficient (Wildman–Crippen LogP) is 4.82. The first-order valence-electron chi connectivity index (χ1n) is 14.9. The van der Waals surface area contributed by atoms with Crippen molar-refractivity contribution in [3.63, 3.8) is 0 Å². The Morgan fingerprint density at radius 3 is 2.32 bits per heavy atom. The molecule has 10 heteroatoms. The van der Waals surface area contributed by atoms with Crippen molar-refractivity contribution in [2.45, 2.75) is 50.1 Å². The van der Waals surface area contributed by atoms with Gasteiger partial charge in [0.15, 0.2) is 0 Å². The molecule has 0 unspecified atom stereocenters. The van der Waals surface area contributed by atoms with Crippen LogP contribution in [0.1, 0.15) is 48.3 Å². The second-order valence-electron chi connectivity index (χ2n) is 11.6. The molecule has 0 bridgehead atoms. The Balaban J connectivity index is 1.21. The van der Waals surface area contributed by atoms with Crippen LogP contribution >= 0.6 is 0 Å². The van der Waals surface area contributed by atoms with E-state index in [-0.39, 0.29) is 37.1 Å². The fraction of sp³-hybridized carbons (Fsp3) is 0.353. The molecule has 3 aliphatic rings. The van der Waals surface area contributed by atoms with Crippen LogP contribution in [-0.2, 0) is 25.5 Å². The third-order valence-corrected chi connectivity index (χ3v) is 9.01. The monoisotopic (exact) mass is 599 g/mol. The van der Waals surface area contributed by atoms with Crippen molar-refractivity contribution in [1.29, 1.82) is 0 Å². The van der Waals surface area contributed by atoms with Gasteiger partial charge in [0, 0.05) is 25.9 Å². The Hall–Kier alpha value is -4.73. The Bertz CT molecular complexity index is 1580. The molecule has 228 valence electrons. The van der Waals surface area contributed by atoms with E-state index in [4.69, 9.17) is 4.74 Å². The van der Waals surface area contributed by atoms with Crippen molar-refractivity contribution in [3.8, 4) is 11.1 Å². The van der Waals surface area contributed by atoms with E-state index in [0.29, 0.717) is 18.4 Å². The number of halogens is 1. The number of hydrogen-bond donors (Lipinski definition) is 1. The average molecular weight is 600 g/mol. The highest BCUT2D eigenvalue weighted by atomic mass is 19.1. The number of fused-ring (bicyclic) bond motifs is 4. The van der Waals surface area contributed by atoms with Crippen LogP contribution in [0.2, 0.25) is 0 Å². The SMILES string of the molecule is CN(C(=O)OCC1c2ccccc2-c2ccccc21)[C@H]1CCCCCN([C@H]2Cc3ccc(F)cc3N(CC(=O)O)C2=O)C1=O. The van der Waals surface area contributed by atoms with Gasteiger partial charge in [-0.2, -0.15) is 0 Å². The number of anilines is 1. The van der Waals surface area contributed by atoms with Crippen LogP contribution in [0.5, 0.6) is 0 Å². The van der Waals surface area contributed by atoms with Gasteiger partial charge in [0.1, 0.15) is 31.1 Å². The normalized spacial score (nSPS) is 19.9. The number of benzene rings is 3. The molecule has 1 saturated heterocycles. The van der Waals surface area contributed by atoms with E-state index in [9.17, 15) is 28.7 Å². The molecule has 0 spiro atoms. The first kappa shape index (κ1) is 29.3. The van der Waals surface area contributed by atoms with E-state index >= 15 is 0 Å². The summed E-state index contributed by atoms with van der Waals surface area (Å²) in [6.45, 7) is -0.265. The molecule has 0 aromatic heterocycles. The molecule has 3 aromatic rings. The number of carboxylic acid groups (broad SMARTS) is 1. The van der Waals surface area contributed by atoms with E-state index in [1.807, 2.05) is 36.4 Å². The summed E-state index contributed by atoms with van der Waals surface area (Å²) in [4.78, 5) is 56.7. The zero-order valence-corrected chi connectivity index (χ0v) is 24.4. The zero-order chi connectivity index (χ0) is 31.0. The van der Waals surface area contributed by atoms with Crippen molar-refractivity contribution >= 4 is 29.6 Å². The minimum atomic E-state index is -1.25. The van der Waals surface area contributed by atoms with E-state index < -0.39 is 42.4 Å². The molecule has 6 rings (SSSR count). The number of nitrogens with zero attached hydrogens (tertiary/aromatic N) is 3. The lowest BCUT2D eigenvalue weighted by molar-refractivity contribution is -0.144. The average Bonchev–Trinajstić information content (AvgIpc) is 3.33. The third-order valence-electron chi connectivity index (χ3n) is 9.01. The lowest BCUT2D eigenvalue weighted by atomic mass is 9.93. The number of hydrogen-bond acceptors (Lipinski definition) is 5. The second-order valence-corrected chi connectivity index (χ2v) is 11.6. The summed E-state index contributed by atoms with van der Waals surface area (Å²) < 4.78 is 19.9.